The first kappa shape index (κ1) is 23.1. The number of amides is 1. The van der Waals surface area contributed by atoms with E-state index >= 15 is 0 Å². The summed E-state index contributed by atoms with van der Waals surface area (Å²) < 4.78 is 11.9. The van der Waals surface area contributed by atoms with Gasteiger partial charge in [0.1, 0.15) is 0 Å². The molecule has 1 aromatic rings. The molecule has 0 saturated carbocycles. The highest BCUT2D eigenvalue weighted by molar-refractivity contribution is 5.80. The normalized spacial score (nSPS) is 23.1. The number of likely N-dealkylation sites (tertiary alicyclic amines) is 2. The van der Waals surface area contributed by atoms with Gasteiger partial charge in [-0.15, -0.1) is 0 Å². The predicted octanol–water partition coefficient (Wildman–Crippen LogP) is 2.93. The Morgan fingerprint density at radius 2 is 2.00 bits per heavy atom. The van der Waals surface area contributed by atoms with Gasteiger partial charge in [0.05, 0.1) is 18.8 Å². The molecule has 3 aliphatic rings. The Balaban J connectivity index is 1.20. The molecule has 7 heteroatoms. The van der Waals surface area contributed by atoms with Crippen LogP contribution >= 0.6 is 0 Å². The molecule has 1 amide bonds. The molecule has 32 heavy (non-hydrogen) atoms. The molecule has 0 bridgehead atoms. The molecule has 1 N–H and O–H groups in total. The lowest BCUT2D eigenvalue weighted by Gasteiger charge is -2.35. The molecule has 3 heterocycles. The Kier molecular flexibility index (Phi) is 8.40. The third-order valence-corrected chi connectivity index (χ3v) is 6.73. The predicted molar refractivity (Wildman–Crippen MR) is 125 cm³/mol. The molecule has 0 aliphatic carbocycles. The smallest absolute Gasteiger partial charge is 0.222 e. The topological polar surface area (TPSA) is 66.4 Å². The standard InChI is InChI=1S/C25H38N4O3/c1-26-25(28-13-10-22(11-14-28)32-19-23-8-2-3-15-31-23)27-17-20-6-4-7-21(16-20)18-29-12-5-9-24(29)30/h4,6-7,16,22-23H,2-3,5,8-15,17-19H2,1H3,(H,26,27). The zero-order valence-corrected chi connectivity index (χ0v) is 19.4. The van der Waals surface area contributed by atoms with Gasteiger partial charge in [-0.05, 0) is 49.7 Å². The van der Waals surface area contributed by atoms with E-state index in [9.17, 15) is 4.79 Å². The molecule has 3 saturated heterocycles. The molecule has 1 atom stereocenters. The molecule has 176 valence electrons. The highest BCUT2D eigenvalue weighted by atomic mass is 16.5. The van der Waals surface area contributed by atoms with Crippen molar-refractivity contribution in [2.24, 2.45) is 4.99 Å². The number of benzene rings is 1. The third kappa shape index (κ3) is 6.45. The van der Waals surface area contributed by atoms with Crippen molar-refractivity contribution in [2.75, 3.05) is 39.9 Å². The van der Waals surface area contributed by atoms with Gasteiger partial charge in [0.2, 0.25) is 5.91 Å². The highest BCUT2D eigenvalue weighted by Crippen LogP contribution is 2.18. The maximum Gasteiger partial charge on any atom is 0.222 e. The molecular formula is C25H38N4O3. The summed E-state index contributed by atoms with van der Waals surface area (Å²) in [5.74, 6) is 1.21. The molecule has 0 aromatic heterocycles. The molecule has 0 spiro atoms. The van der Waals surface area contributed by atoms with E-state index in [2.05, 4.69) is 39.5 Å². The molecule has 0 radical (unpaired) electrons. The van der Waals surface area contributed by atoms with Crippen LogP contribution in [-0.4, -0.2) is 73.8 Å². The number of nitrogens with zero attached hydrogens (tertiary/aromatic N) is 3. The quantitative estimate of drug-likeness (QED) is 0.520. The lowest BCUT2D eigenvalue weighted by Crippen LogP contribution is -2.47. The van der Waals surface area contributed by atoms with Crippen molar-refractivity contribution in [2.45, 2.75) is 70.2 Å². The van der Waals surface area contributed by atoms with Crippen LogP contribution in [0.15, 0.2) is 29.3 Å². The first-order valence-corrected chi connectivity index (χ1v) is 12.3. The SMILES string of the molecule is CN=C(NCc1cccc(CN2CCCC2=O)c1)N1CCC(OCC2CCCCO2)CC1. The summed E-state index contributed by atoms with van der Waals surface area (Å²) in [5.41, 5.74) is 2.40. The van der Waals surface area contributed by atoms with Gasteiger partial charge in [-0.2, -0.15) is 0 Å². The van der Waals surface area contributed by atoms with Gasteiger partial charge in [-0.1, -0.05) is 24.3 Å². The van der Waals surface area contributed by atoms with Crippen LogP contribution < -0.4 is 5.32 Å². The number of guanidine groups is 1. The Bertz CT molecular complexity index is 770. The van der Waals surface area contributed by atoms with E-state index in [1.165, 1.54) is 24.0 Å². The van der Waals surface area contributed by atoms with Crippen LogP contribution in [0, 0.1) is 0 Å². The van der Waals surface area contributed by atoms with Crippen molar-refractivity contribution in [1.29, 1.82) is 0 Å². The summed E-state index contributed by atoms with van der Waals surface area (Å²) in [6, 6.07) is 8.50. The number of piperidine rings is 1. The molecule has 7 nitrogen and oxygen atoms in total. The van der Waals surface area contributed by atoms with E-state index in [0.717, 1.165) is 71.0 Å². The van der Waals surface area contributed by atoms with Crippen molar-refractivity contribution >= 4 is 11.9 Å². The number of carbonyl (C=O) groups is 1. The molecule has 1 unspecified atom stereocenters. The summed E-state index contributed by atoms with van der Waals surface area (Å²) in [5, 5.41) is 3.52. The highest BCUT2D eigenvalue weighted by Gasteiger charge is 2.24. The van der Waals surface area contributed by atoms with Gasteiger partial charge in [0.15, 0.2) is 5.96 Å². The fraction of sp³-hybridized carbons (Fsp3) is 0.680. The number of nitrogens with one attached hydrogen (secondary N) is 1. The van der Waals surface area contributed by atoms with Gasteiger partial charge >= 0.3 is 0 Å². The lowest BCUT2D eigenvalue weighted by atomic mass is 10.1. The number of ether oxygens (including phenoxy) is 2. The van der Waals surface area contributed by atoms with Crippen molar-refractivity contribution in [3.8, 4) is 0 Å². The van der Waals surface area contributed by atoms with Gasteiger partial charge in [-0.3, -0.25) is 9.79 Å². The summed E-state index contributed by atoms with van der Waals surface area (Å²) in [4.78, 5) is 20.7. The monoisotopic (exact) mass is 442 g/mol. The van der Waals surface area contributed by atoms with E-state index in [4.69, 9.17) is 9.47 Å². The van der Waals surface area contributed by atoms with Crippen LogP contribution in [0.4, 0.5) is 0 Å². The summed E-state index contributed by atoms with van der Waals surface area (Å²) in [6.45, 7) is 5.83. The van der Waals surface area contributed by atoms with Crippen LogP contribution in [0.2, 0.25) is 0 Å². The van der Waals surface area contributed by atoms with Crippen LogP contribution in [0.3, 0.4) is 0 Å². The number of rotatable bonds is 7. The zero-order valence-electron chi connectivity index (χ0n) is 19.4. The molecule has 4 rings (SSSR count). The number of hydrogen-bond donors (Lipinski definition) is 1. The largest absolute Gasteiger partial charge is 0.376 e. The first-order valence-electron chi connectivity index (χ1n) is 12.3. The van der Waals surface area contributed by atoms with Crippen molar-refractivity contribution in [1.82, 2.24) is 15.1 Å². The maximum absolute atomic E-state index is 11.9. The summed E-state index contributed by atoms with van der Waals surface area (Å²) in [7, 11) is 1.85. The minimum Gasteiger partial charge on any atom is -0.376 e. The van der Waals surface area contributed by atoms with Crippen molar-refractivity contribution < 1.29 is 14.3 Å². The van der Waals surface area contributed by atoms with Crippen molar-refractivity contribution in [3.05, 3.63) is 35.4 Å². The Morgan fingerprint density at radius 3 is 2.72 bits per heavy atom. The summed E-state index contributed by atoms with van der Waals surface area (Å²) >= 11 is 0. The second-order valence-electron chi connectivity index (χ2n) is 9.15. The number of hydrogen-bond acceptors (Lipinski definition) is 4. The van der Waals surface area contributed by atoms with E-state index in [1.807, 2.05) is 11.9 Å². The Hall–Kier alpha value is -2.12. The average molecular weight is 443 g/mol. The second kappa shape index (κ2) is 11.7. The Labute approximate surface area is 192 Å². The fourth-order valence-electron chi connectivity index (χ4n) is 4.86. The zero-order chi connectivity index (χ0) is 22.2. The summed E-state index contributed by atoms with van der Waals surface area (Å²) in [6.07, 6.45) is 7.89. The van der Waals surface area contributed by atoms with Crippen LogP contribution in [-0.2, 0) is 27.4 Å². The minimum atomic E-state index is 0.271. The number of carbonyl (C=O) groups excluding carboxylic acids is 1. The van der Waals surface area contributed by atoms with Crippen LogP contribution in [0.1, 0.15) is 56.1 Å². The van der Waals surface area contributed by atoms with Gasteiger partial charge in [0.25, 0.3) is 0 Å². The fourth-order valence-corrected chi connectivity index (χ4v) is 4.86. The number of aliphatic imine (C=N–C) groups is 1. The molecule has 3 aliphatic heterocycles. The Morgan fingerprint density at radius 1 is 1.16 bits per heavy atom. The molecule has 3 fully saturated rings. The molecular weight excluding hydrogens is 404 g/mol. The molecule has 1 aromatic carbocycles. The van der Waals surface area contributed by atoms with Crippen LogP contribution in [0.5, 0.6) is 0 Å². The lowest BCUT2D eigenvalue weighted by molar-refractivity contribution is -0.128. The van der Waals surface area contributed by atoms with Crippen molar-refractivity contribution in [3.63, 3.8) is 0 Å². The minimum absolute atomic E-state index is 0.271. The first-order chi connectivity index (χ1) is 15.7. The maximum atomic E-state index is 11.9. The van der Waals surface area contributed by atoms with E-state index < -0.39 is 0 Å². The van der Waals surface area contributed by atoms with E-state index in [1.54, 1.807) is 0 Å². The van der Waals surface area contributed by atoms with Gasteiger partial charge in [0, 0.05) is 52.8 Å². The van der Waals surface area contributed by atoms with Gasteiger partial charge in [-0.25, -0.2) is 0 Å². The second-order valence-corrected chi connectivity index (χ2v) is 9.15. The third-order valence-electron chi connectivity index (χ3n) is 6.73. The van der Waals surface area contributed by atoms with E-state index in [-0.39, 0.29) is 12.0 Å². The average Bonchev–Trinajstić information content (AvgIpc) is 3.24. The van der Waals surface area contributed by atoms with Gasteiger partial charge < -0.3 is 24.6 Å². The van der Waals surface area contributed by atoms with E-state index in [0.29, 0.717) is 19.1 Å². The van der Waals surface area contributed by atoms with Crippen LogP contribution in [0.25, 0.3) is 0 Å².